The van der Waals surface area contributed by atoms with E-state index in [0.717, 1.165) is 22.6 Å². The average molecular weight is 298 g/mol. The molecule has 0 radical (unpaired) electrons. The van der Waals surface area contributed by atoms with Gasteiger partial charge in [0.25, 0.3) is 0 Å². The molecule has 1 N–H and O–H groups in total. The predicted molar refractivity (Wildman–Crippen MR) is 71.7 cm³/mol. The summed E-state index contributed by atoms with van der Waals surface area (Å²) in [6, 6.07) is 5.32. The van der Waals surface area contributed by atoms with Crippen LogP contribution in [0.25, 0.3) is 0 Å². The Balaban J connectivity index is 2.15. The van der Waals surface area contributed by atoms with Gasteiger partial charge in [0.2, 0.25) is 0 Å². The van der Waals surface area contributed by atoms with E-state index >= 15 is 0 Å². The van der Waals surface area contributed by atoms with Crippen molar-refractivity contribution in [3.8, 4) is 0 Å². The van der Waals surface area contributed by atoms with Crippen LogP contribution in [0.3, 0.4) is 0 Å². The second kappa shape index (κ2) is 5.08. The second-order valence-electron chi connectivity index (χ2n) is 4.68. The van der Waals surface area contributed by atoms with Gasteiger partial charge in [-0.05, 0) is 37.0 Å². The molecule has 0 amide bonds. The van der Waals surface area contributed by atoms with Crippen molar-refractivity contribution in [1.29, 1.82) is 0 Å². The second-order valence-corrected chi connectivity index (χ2v) is 5.60. The lowest BCUT2D eigenvalue weighted by Gasteiger charge is -2.31. The molecular formula is C13H16BrNO2. The maximum atomic E-state index is 11.0. The molecule has 1 aliphatic carbocycles. The van der Waals surface area contributed by atoms with Crippen LogP contribution in [0.4, 0.5) is 5.69 Å². The topological polar surface area (TPSA) is 40.5 Å². The number of rotatable bonds is 4. The third-order valence-electron chi connectivity index (χ3n) is 3.33. The molecule has 1 aromatic carbocycles. The van der Waals surface area contributed by atoms with Crippen molar-refractivity contribution in [3.05, 3.63) is 28.2 Å². The molecule has 1 aromatic rings. The summed E-state index contributed by atoms with van der Waals surface area (Å²) in [6.07, 6.45) is 3.92. The van der Waals surface area contributed by atoms with E-state index in [1.807, 2.05) is 13.1 Å². The third-order valence-corrected chi connectivity index (χ3v) is 3.78. The summed E-state index contributed by atoms with van der Waals surface area (Å²) in [4.78, 5) is 13.1. The van der Waals surface area contributed by atoms with Crippen LogP contribution in [0.1, 0.15) is 29.6 Å². The molecule has 2 rings (SSSR count). The van der Waals surface area contributed by atoms with Crippen molar-refractivity contribution < 1.29 is 9.90 Å². The predicted octanol–water partition coefficient (Wildman–Crippen LogP) is 3.38. The molecule has 0 aliphatic heterocycles. The Morgan fingerprint density at radius 2 is 2.18 bits per heavy atom. The number of benzene rings is 1. The zero-order valence-electron chi connectivity index (χ0n) is 9.82. The van der Waals surface area contributed by atoms with E-state index in [1.165, 1.54) is 19.3 Å². The number of anilines is 1. The van der Waals surface area contributed by atoms with Crippen LogP contribution in [-0.4, -0.2) is 24.7 Å². The molecule has 0 saturated heterocycles. The number of halogens is 1. The van der Waals surface area contributed by atoms with Gasteiger partial charge in [-0.15, -0.1) is 0 Å². The van der Waals surface area contributed by atoms with E-state index in [0.29, 0.717) is 5.56 Å². The molecule has 1 aliphatic rings. The zero-order chi connectivity index (χ0) is 12.4. The van der Waals surface area contributed by atoms with Crippen LogP contribution in [0.2, 0.25) is 0 Å². The molecule has 17 heavy (non-hydrogen) atoms. The van der Waals surface area contributed by atoms with Gasteiger partial charge in [0.15, 0.2) is 0 Å². The number of aromatic carboxylic acids is 1. The Kier molecular flexibility index (Phi) is 3.72. The highest BCUT2D eigenvalue weighted by atomic mass is 79.9. The minimum absolute atomic E-state index is 0.329. The molecule has 4 heteroatoms. The van der Waals surface area contributed by atoms with Gasteiger partial charge >= 0.3 is 5.97 Å². The number of carboxylic acid groups (broad SMARTS) is 1. The molecule has 1 fully saturated rings. The third kappa shape index (κ3) is 3.00. The SMILES string of the molecule is CN(CC1CCC1)c1cc(Br)cc(C(=O)O)c1. The Bertz CT molecular complexity index is 429. The molecule has 0 bridgehead atoms. The van der Waals surface area contributed by atoms with Crippen LogP contribution in [0.5, 0.6) is 0 Å². The highest BCUT2D eigenvalue weighted by molar-refractivity contribution is 9.10. The lowest BCUT2D eigenvalue weighted by molar-refractivity contribution is 0.0697. The first-order chi connectivity index (χ1) is 8.06. The van der Waals surface area contributed by atoms with Crippen LogP contribution in [0, 0.1) is 5.92 Å². The van der Waals surface area contributed by atoms with Gasteiger partial charge in [-0.2, -0.15) is 0 Å². The number of carboxylic acids is 1. The van der Waals surface area contributed by atoms with Gasteiger partial charge in [0.1, 0.15) is 0 Å². The fraction of sp³-hybridized carbons (Fsp3) is 0.462. The van der Waals surface area contributed by atoms with Gasteiger partial charge in [0.05, 0.1) is 5.56 Å². The first kappa shape index (κ1) is 12.4. The van der Waals surface area contributed by atoms with Crippen molar-refractivity contribution in [3.63, 3.8) is 0 Å². The Morgan fingerprint density at radius 1 is 1.47 bits per heavy atom. The van der Waals surface area contributed by atoms with E-state index in [2.05, 4.69) is 20.8 Å². The Morgan fingerprint density at radius 3 is 2.71 bits per heavy atom. The highest BCUT2D eigenvalue weighted by Gasteiger charge is 2.19. The van der Waals surface area contributed by atoms with Gasteiger partial charge in [-0.25, -0.2) is 4.79 Å². The van der Waals surface area contributed by atoms with Crippen molar-refractivity contribution in [2.45, 2.75) is 19.3 Å². The number of nitrogens with zero attached hydrogens (tertiary/aromatic N) is 1. The van der Waals surface area contributed by atoms with Crippen molar-refractivity contribution in [2.75, 3.05) is 18.5 Å². The summed E-state index contributed by atoms with van der Waals surface area (Å²) in [5, 5.41) is 9.02. The maximum absolute atomic E-state index is 11.0. The van der Waals surface area contributed by atoms with Crippen LogP contribution in [-0.2, 0) is 0 Å². The fourth-order valence-electron chi connectivity index (χ4n) is 2.09. The molecule has 0 spiro atoms. The molecule has 1 saturated carbocycles. The quantitative estimate of drug-likeness (QED) is 0.926. The van der Waals surface area contributed by atoms with Gasteiger partial charge < -0.3 is 10.0 Å². The molecule has 0 atom stereocenters. The normalized spacial score (nSPS) is 15.4. The highest BCUT2D eigenvalue weighted by Crippen LogP contribution is 2.29. The monoisotopic (exact) mass is 297 g/mol. The standard InChI is InChI=1S/C13H16BrNO2/c1-15(8-9-3-2-4-9)12-6-10(13(16)17)5-11(14)7-12/h5-7,9H,2-4,8H2,1H3,(H,16,17). The average Bonchev–Trinajstić information content (AvgIpc) is 2.22. The lowest BCUT2D eigenvalue weighted by atomic mass is 9.85. The summed E-state index contributed by atoms with van der Waals surface area (Å²) < 4.78 is 0.813. The van der Waals surface area contributed by atoms with Gasteiger partial charge in [-0.3, -0.25) is 0 Å². The van der Waals surface area contributed by atoms with Crippen molar-refractivity contribution in [2.24, 2.45) is 5.92 Å². The largest absolute Gasteiger partial charge is 0.478 e. The van der Waals surface area contributed by atoms with Crippen LogP contribution < -0.4 is 4.90 Å². The summed E-state index contributed by atoms with van der Waals surface area (Å²) in [5.41, 5.74) is 1.29. The first-order valence-electron chi connectivity index (χ1n) is 5.81. The van der Waals surface area contributed by atoms with E-state index < -0.39 is 5.97 Å². The van der Waals surface area contributed by atoms with E-state index in [-0.39, 0.29) is 0 Å². The van der Waals surface area contributed by atoms with Gasteiger partial charge in [0, 0.05) is 23.8 Å². The smallest absolute Gasteiger partial charge is 0.335 e. The number of hydrogen-bond acceptors (Lipinski definition) is 2. The fourth-order valence-corrected chi connectivity index (χ4v) is 2.57. The minimum Gasteiger partial charge on any atom is -0.478 e. The van der Waals surface area contributed by atoms with Crippen LogP contribution in [0.15, 0.2) is 22.7 Å². The summed E-state index contributed by atoms with van der Waals surface area (Å²) in [7, 11) is 2.02. The molecular weight excluding hydrogens is 282 g/mol. The van der Waals surface area contributed by atoms with Gasteiger partial charge in [-0.1, -0.05) is 22.4 Å². The van der Waals surface area contributed by atoms with Crippen LogP contribution >= 0.6 is 15.9 Å². The maximum Gasteiger partial charge on any atom is 0.335 e. The van der Waals surface area contributed by atoms with E-state index in [9.17, 15) is 4.79 Å². The molecule has 0 aromatic heterocycles. The molecule has 92 valence electrons. The first-order valence-corrected chi connectivity index (χ1v) is 6.60. The minimum atomic E-state index is -0.885. The lowest BCUT2D eigenvalue weighted by Crippen LogP contribution is -2.29. The summed E-state index contributed by atoms with van der Waals surface area (Å²) >= 11 is 3.36. The van der Waals surface area contributed by atoms with E-state index in [4.69, 9.17) is 5.11 Å². The summed E-state index contributed by atoms with van der Waals surface area (Å²) in [5.74, 6) is -0.114. The zero-order valence-corrected chi connectivity index (χ0v) is 11.4. The Hall–Kier alpha value is -1.03. The van der Waals surface area contributed by atoms with E-state index in [1.54, 1.807) is 12.1 Å². The summed E-state index contributed by atoms with van der Waals surface area (Å²) in [6.45, 7) is 1.01. The molecule has 0 unspecified atom stereocenters. The Labute approximate surface area is 110 Å². The number of carbonyl (C=O) groups is 1. The van der Waals surface area contributed by atoms with Crippen molar-refractivity contribution >= 4 is 27.6 Å². The molecule has 3 nitrogen and oxygen atoms in total. The number of hydrogen-bond donors (Lipinski definition) is 1. The van der Waals surface area contributed by atoms with Crippen molar-refractivity contribution in [1.82, 2.24) is 0 Å². The molecule has 0 heterocycles.